The first kappa shape index (κ1) is 18.2. The van der Waals surface area contributed by atoms with Gasteiger partial charge in [-0.25, -0.2) is 0 Å². The molecule has 0 N–H and O–H groups in total. The second kappa shape index (κ2) is 7.72. The molecule has 1 aromatic carbocycles. The molecule has 0 bridgehead atoms. The summed E-state index contributed by atoms with van der Waals surface area (Å²) in [6.45, 7) is 10.8. The molecular formula is C20H25N3O3. The standard InChI is InChI=1S/C20H25N3O3/c1-13(2)12-25-17-10-6-5-8-15(17)20(24)23-11-7-9-16(23)19-21-18(14(3)4)22-26-19/h5-6,8,10,14,16H,1,7,9,11-12H2,2-4H3/t16-/m1/s1. The number of hydrogen-bond acceptors (Lipinski definition) is 5. The van der Waals surface area contributed by atoms with Crippen molar-refractivity contribution in [3.8, 4) is 5.75 Å². The lowest BCUT2D eigenvalue weighted by molar-refractivity contribution is 0.0706. The molecule has 3 rings (SSSR count). The van der Waals surface area contributed by atoms with Crippen LogP contribution in [-0.2, 0) is 0 Å². The largest absolute Gasteiger partial charge is 0.488 e. The van der Waals surface area contributed by atoms with Crippen molar-refractivity contribution in [3.63, 3.8) is 0 Å². The average molecular weight is 355 g/mol. The molecule has 0 aliphatic carbocycles. The summed E-state index contributed by atoms with van der Waals surface area (Å²) in [5, 5.41) is 4.03. The summed E-state index contributed by atoms with van der Waals surface area (Å²) in [7, 11) is 0. The summed E-state index contributed by atoms with van der Waals surface area (Å²) in [4.78, 5) is 19.5. The highest BCUT2D eigenvalue weighted by molar-refractivity contribution is 5.97. The molecule has 0 saturated carbocycles. The summed E-state index contributed by atoms with van der Waals surface area (Å²) >= 11 is 0. The molecule has 1 amide bonds. The van der Waals surface area contributed by atoms with Crippen molar-refractivity contribution >= 4 is 5.91 Å². The smallest absolute Gasteiger partial charge is 0.258 e. The number of para-hydroxylation sites is 1. The third-order valence-corrected chi connectivity index (χ3v) is 4.36. The van der Waals surface area contributed by atoms with E-state index in [1.807, 2.05) is 39.0 Å². The first-order valence-electron chi connectivity index (χ1n) is 8.98. The van der Waals surface area contributed by atoms with Gasteiger partial charge in [0.2, 0.25) is 5.89 Å². The summed E-state index contributed by atoms with van der Waals surface area (Å²) < 4.78 is 11.2. The van der Waals surface area contributed by atoms with E-state index in [1.165, 1.54) is 0 Å². The van der Waals surface area contributed by atoms with Crippen molar-refractivity contribution in [2.75, 3.05) is 13.2 Å². The van der Waals surface area contributed by atoms with E-state index < -0.39 is 0 Å². The van der Waals surface area contributed by atoms with Crippen molar-refractivity contribution < 1.29 is 14.1 Å². The number of likely N-dealkylation sites (tertiary alicyclic amines) is 1. The molecule has 0 unspecified atom stereocenters. The normalized spacial score (nSPS) is 16.9. The number of ether oxygens (including phenoxy) is 1. The zero-order valence-electron chi connectivity index (χ0n) is 15.6. The summed E-state index contributed by atoms with van der Waals surface area (Å²) in [5.41, 5.74) is 1.45. The average Bonchev–Trinajstić information content (AvgIpc) is 3.28. The molecule has 6 nitrogen and oxygen atoms in total. The van der Waals surface area contributed by atoms with Crippen LogP contribution in [-0.4, -0.2) is 34.1 Å². The highest BCUT2D eigenvalue weighted by Gasteiger charge is 2.35. The topological polar surface area (TPSA) is 68.5 Å². The van der Waals surface area contributed by atoms with E-state index in [0.717, 1.165) is 18.4 Å². The molecule has 0 radical (unpaired) electrons. The predicted molar refractivity (Wildman–Crippen MR) is 98.1 cm³/mol. The monoisotopic (exact) mass is 355 g/mol. The van der Waals surface area contributed by atoms with E-state index in [1.54, 1.807) is 11.0 Å². The van der Waals surface area contributed by atoms with Crippen LogP contribution in [0, 0.1) is 0 Å². The molecule has 2 heterocycles. The SMILES string of the molecule is C=C(C)COc1ccccc1C(=O)N1CCC[C@@H]1c1nc(C(C)C)no1. The maximum absolute atomic E-state index is 13.2. The van der Waals surface area contributed by atoms with Gasteiger partial charge in [0.05, 0.1) is 5.56 Å². The number of carbonyl (C=O) groups is 1. The minimum Gasteiger partial charge on any atom is -0.488 e. The molecular weight excluding hydrogens is 330 g/mol. The van der Waals surface area contributed by atoms with Crippen LogP contribution in [0.3, 0.4) is 0 Å². The van der Waals surface area contributed by atoms with Gasteiger partial charge in [-0.1, -0.05) is 37.7 Å². The van der Waals surface area contributed by atoms with Gasteiger partial charge in [-0.3, -0.25) is 4.79 Å². The van der Waals surface area contributed by atoms with Crippen molar-refractivity contribution in [1.82, 2.24) is 15.0 Å². The second-order valence-electron chi connectivity index (χ2n) is 7.04. The van der Waals surface area contributed by atoms with E-state index in [2.05, 4.69) is 16.7 Å². The number of aromatic nitrogens is 2. The summed E-state index contributed by atoms with van der Waals surface area (Å²) in [5.74, 6) is 1.87. The predicted octanol–water partition coefficient (Wildman–Crippen LogP) is 4.13. The maximum Gasteiger partial charge on any atom is 0.258 e. The fraction of sp³-hybridized carbons (Fsp3) is 0.450. The highest BCUT2D eigenvalue weighted by Crippen LogP contribution is 2.34. The Morgan fingerprint density at radius 3 is 2.88 bits per heavy atom. The molecule has 1 aliphatic rings. The molecule has 26 heavy (non-hydrogen) atoms. The Kier molecular flexibility index (Phi) is 5.40. The lowest BCUT2D eigenvalue weighted by Crippen LogP contribution is -2.31. The molecule has 1 saturated heterocycles. The Hall–Kier alpha value is -2.63. The quantitative estimate of drug-likeness (QED) is 0.729. The Morgan fingerprint density at radius 1 is 1.42 bits per heavy atom. The van der Waals surface area contributed by atoms with E-state index in [9.17, 15) is 4.79 Å². The third-order valence-electron chi connectivity index (χ3n) is 4.36. The van der Waals surface area contributed by atoms with Crippen molar-refractivity contribution in [2.45, 2.75) is 45.6 Å². The van der Waals surface area contributed by atoms with Gasteiger partial charge in [0.15, 0.2) is 5.82 Å². The van der Waals surface area contributed by atoms with Crippen LogP contribution in [0.5, 0.6) is 5.75 Å². The number of amides is 1. The Morgan fingerprint density at radius 2 is 2.19 bits per heavy atom. The van der Waals surface area contributed by atoms with E-state index in [4.69, 9.17) is 9.26 Å². The van der Waals surface area contributed by atoms with Crippen LogP contribution in [0.15, 0.2) is 40.9 Å². The van der Waals surface area contributed by atoms with E-state index in [0.29, 0.717) is 36.2 Å². The van der Waals surface area contributed by atoms with Gasteiger partial charge in [-0.15, -0.1) is 0 Å². The molecule has 1 atom stereocenters. The van der Waals surface area contributed by atoms with Gasteiger partial charge < -0.3 is 14.2 Å². The van der Waals surface area contributed by atoms with Gasteiger partial charge >= 0.3 is 0 Å². The number of nitrogens with zero attached hydrogens (tertiary/aromatic N) is 3. The fourth-order valence-corrected chi connectivity index (χ4v) is 3.01. The molecule has 1 fully saturated rings. The molecule has 138 valence electrons. The molecule has 1 aromatic heterocycles. The van der Waals surface area contributed by atoms with Gasteiger partial charge in [-0.05, 0) is 37.5 Å². The molecule has 2 aromatic rings. The Bertz CT molecular complexity index is 797. The Labute approximate surface area is 153 Å². The van der Waals surface area contributed by atoms with Crippen LogP contribution < -0.4 is 4.74 Å². The number of carbonyl (C=O) groups excluding carboxylic acids is 1. The van der Waals surface area contributed by atoms with Crippen LogP contribution >= 0.6 is 0 Å². The van der Waals surface area contributed by atoms with Crippen molar-refractivity contribution in [2.24, 2.45) is 0 Å². The van der Waals surface area contributed by atoms with Gasteiger partial charge in [0.25, 0.3) is 5.91 Å². The van der Waals surface area contributed by atoms with Crippen LogP contribution in [0.4, 0.5) is 0 Å². The van der Waals surface area contributed by atoms with E-state index >= 15 is 0 Å². The van der Waals surface area contributed by atoms with E-state index in [-0.39, 0.29) is 17.9 Å². The van der Waals surface area contributed by atoms with Crippen LogP contribution in [0.1, 0.15) is 67.6 Å². The zero-order valence-corrected chi connectivity index (χ0v) is 15.6. The zero-order chi connectivity index (χ0) is 18.7. The molecule has 6 heteroatoms. The number of benzene rings is 1. The third kappa shape index (κ3) is 3.79. The van der Waals surface area contributed by atoms with Crippen molar-refractivity contribution in [1.29, 1.82) is 0 Å². The molecule has 1 aliphatic heterocycles. The Balaban J connectivity index is 1.83. The van der Waals surface area contributed by atoms with Crippen LogP contribution in [0.25, 0.3) is 0 Å². The molecule has 0 spiro atoms. The minimum atomic E-state index is -0.184. The highest BCUT2D eigenvalue weighted by atomic mass is 16.5. The second-order valence-corrected chi connectivity index (χ2v) is 7.04. The lowest BCUT2D eigenvalue weighted by Gasteiger charge is -2.23. The first-order chi connectivity index (χ1) is 12.5. The van der Waals surface area contributed by atoms with Crippen molar-refractivity contribution in [3.05, 3.63) is 53.7 Å². The number of rotatable bonds is 6. The van der Waals surface area contributed by atoms with Gasteiger partial charge in [-0.2, -0.15) is 4.98 Å². The van der Waals surface area contributed by atoms with Gasteiger partial charge in [0, 0.05) is 12.5 Å². The minimum absolute atomic E-state index is 0.0749. The summed E-state index contributed by atoms with van der Waals surface area (Å²) in [6, 6.07) is 7.12. The lowest BCUT2D eigenvalue weighted by atomic mass is 10.1. The van der Waals surface area contributed by atoms with Gasteiger partial charge in [0.1, 0.15) is 18.4 Å². The van der Waals surface area contributed by atoms with Crippen LogP contribution in [0.2, 0.25) is 0 Å². The number of hydrogen-bond donors (Lipinski definition) is 0. The first-order valence-corrected chi connectivity index (χ1v) is 8.98. The maximum atomic E-state index is 13.2. The summed E-state index contributed by atoms with van der Waals surface area (Å²) in [6.07, 6.45) is 1.73. The fourth-order valence-electron chi connectivity index (χ4n) is 3.01.